The van der Waals surface area contributed by atoms with E-state index in [2.05, 4.69) is 10.3 Å². The van der Waals surface area contributed by atoms with E-state index in [1.165, 1.54) is 24.3 Å². The fourth-order valence-corrected chi connectivity index (χ4v) is 2.04. The van der Waals surface area contributed by atoms with Crippen LogP contribution in [0.5, 0.6) is 0 Å². The van der Waals surface area contributed by atoms with Crippen molar-refractivity contribution in [3.63, 3.8) is 0 Å². The van der Waals surface area contributed by atoms with Crippen molar-refractivity contribution < 1.29 is 13.6 Å². The zero-order valence-electron chi connectivity index (χ0n) is 11.4. The number of carbonyl (C=O) groups excluding carboxylic acids is 1. The van der Waals surface area contributed by atoms with Gasteiger partial charge in [-0.15, -0.1) is 0 Å². The molecule has 2 aromatic heterocycles. The summed E-state index contributed by atoms with van der Waals surface area (Å²) in [5.74, 6) is -1.22. The number of hydrogen-bond acceptors (Lipinski definition) is 4. The van der Waals surface area contributed by atoms with Crippen molar-refractivity contribution in [1.29, 1.82) is 0 Å². The maximum Gasteiger partial charge on any atom is 0.344 e. The zero-order valence-corrected chi connectivity index (χ0v) is 11.4. The van der Waals surface area contributed by atoms with Gasteiger partial charge in [-0.3, -0.25) is 9.78 Å². The standard InChI is InChI=1S/C16H11FN2O3/c17-11-4-5-13-10(7-11)8-14(22-16(13)21)15(20)19-9-12-3-1-2-6-18-12/h1-8H,9H2,(H,19,20). The van der Waals surface area contributed by atoms with Crippen molar-refractivity contribution in [3.8, 4) is 0 Å². The molecule has 2 heterocycles. The molecule has 0 fully saturated rings. The molecule has 0 aliphatic rings. The number of hydrogen-bond donors (Lipinski definition) is 1. The first-order chi connectivity index (χ1) is 10.6. The quantitative estimate of drug-likeness (QED) is 0.805. The molecule has 0 bridgehead atoms. The van der Waals surface area contributed by atoms with E-state index in [0.717, 1.165) is 0 Å². The molecule has 110 valence electrons. The summed E-state index contributed by atoms with van der Waals surface area (Å²) in [6, 6.07) is 10.3. The van der Waals surface area contributed by atoms with Crippen molar-refractivity contribution in [2.75, 3.05) is 0 Å². The minimum Gasteiger partial charge on any atom is -0.417 e. The maximum absolute atomic E-state index is 13.2. The van der Waals surface area contributed by atoms with Crippen LogP contribution in [0.15, 0.2) is 57.9 Å². The summed E-state index contributed by atoms with van der Waals surface area (Å²) >= 11 is 0. The van der Waals surface area contributed by atoms with E-state index >= 15 is 0 Å². The van der Waals surface area contributed by atoms with Gasteiger partial charge in [0, 0.05) is 6.20 Å². The van der Waals surface area contributed by atoms with Crippen LogP contribution in [0.3, 0.4) is 0 Å². The molecule has 1 N–H and O–H groups in total. The monoisotopic (exact) mass is 298 g/mol. The molecule has 0 aliphatic heterocycles. The highest BCUT2D eigenvalue weighted by Gasteiger charge is 2.12. The lowest BCUT2D eigenvalue weighted by molar-refractivity contribution is 0.0919. The lowest BCUT2D eigenvalue weighted by Gasteiger charge is -2.05. The van der Waals surface area contributed by atoms with E-state index in [1.54, 1.807) is 24.4 Å². The summed E-state index contributed by atoms with van der Waals surface area (Å²) < 4.78 is 18.2. The molecule has 0 spiro atoms. The number of rotatable bonds is 3. The van der Waals surface area contributed by atoms with E-state index in [1.807, 2.05) is 0 Å². The van der Waals surface area contributed by atoms with Crippen molar-refractivity contribution in [3.05, 3.63) is 76.4 Å². The first-order valence-corrected chi connectivity index (χ1v) is 6.55. The number of aromatic nitrogens is 1. The number of pyridine rings is 1. The first-order valence-electron chi connectivity index (χ1n) is 6.55. The maximum atomic E-state index is 13.2. The van der Waals surface area contributed by atoms with Gasteiger partial charge in [-0.1, -0.05) is 6.07 Å². The average Bonchev–Trinajstić information content (AvgIpc) is 2.53. The number of nitrogens with zero attached hydrogens (tertiary/aromatic N) is 1. The average molecular weight is 298 g/mol. The summed E-state index contributed by atoms with van der Waals surface area (Å²) in [4.78, 5) is 27.9. The Hall–Kier alpha value is -3.02. The van der Waals surface area contributed by atoms with Crippen LogP contribution in [0.2, 0.25) is 0 Å². The lowest BCUT2D eigenvalue weighted by atomic mass is 10.1. The fourth-order valence-electron chi connectivity index (χ4n) is 2.04. The van der Waals surface area contributed by atoms with Crippen LogP contribution in [0.4, 0.5) is 4.39 Å². The fraction of sp³-hybridized carbons (Fsp3) is 0.0625. The Morgan fingerprint density at radius 2 is 2.09 bits per heavy atom. The molecule has 1 amide bonds. The molecular formula is C16H11FN2O3. The van der Waals surface area contributed by atoms with Crippen LogP contribution in [-0.2, 0) is 6.54 Å². The predicted molar refractivity (Wildman–Crippen MR) is 77.8 cm³/mol. The lowest BCUT2D eigenvalue weighted by Crippen LogP contribution is -2.24. The van der Waals surface area contributed by atoms with Gasteiger partial charge in [0.05, 0.1) is 17.6 Å². The number of amides is 1. The summed E-state index contributed by atoms with van der Waals surface area (Å²) in [7, 11) is 0. The molecule has 3 aromatic rings. The molecule has 6 heteroatoms. The molecule has 3 rings (SSSR count). The SMILES string of the molecule is O=C(NCc1ccccn1)c1cc2cc(F)ccc2c(=O)o1. The van der Waals surface area contributed by atoms with Gasteiger partial charge in [-0.2, -0.15) is 0 Å². The Balaban J connectivity index is 1.86. The number of nitrogens with one attached hydrogen (secondary N) is 1. The van der Waals surface area contributed by atoms with Gasteiger partial charge in [0.1, 0.15) is 5.82 Å². The second-order valence-corrected chi connectivity index (χ2v) is 4.63. The van der Waals surface area contributed by atoms with Gasteiger partial charge in [-0.05, 0) is 41.8 Å². The molecule has 0 atom stereocenters. The highest BCUT2D eigenvalue weighted by atomic mass is 19.1. The molecule has 1 aromatic carbocycles. The smallest absolute Gasteiger partial charge is 0.344 e. The molecule has 0 unspecified atom stereocenters. The predicted octanol–water partition coefficient (Wildman–Crippen LogP) is 2.26. The van der Waals surface area contributed by atoms with Crippen LogP contribution < -0.4 is 10.9 Å². The third-order valence-corrected chi connectivity index (χ3v) is 3.10. The van der Waals surface area contributed by atoms with Gasteiger partial charge < -0.3 is 9.73 Å². The third-order valence-electron chi connectivity index (χ3n) is 3.10. The Morgan fingerprint density at radius 3 is 2.86 bits per heavy atom. The molecule has 5 nitrogen and oxygen atoms in total. The van der Waals surface area contributed by atoms with Crippen LogP contribution in [-0.4, -0.2) is 10.9 Å². The normalized spacial score (nSPS) is 10.6. The topological polar surface area (TPSA) is 72.2 Å². The van der Waals surface area contributed by atoms with Gasteiger partial charge in [0.2, 0.25) is 0 Å². The second-order valence-electron chi connectivity index (χ2n) is 4.63. The highest BCUT2D eigenvalue weighted by molar-refractivity contribution is 5.95. The van der Waals surface area contributed by atoms with Crippen LogP contribution in [0.25, 0.3) is 10.8 Å². The summed E-state index contributed by atoms with van der Waals surface area (Å²) in [5.41, 5.74) is -0.00878. The molecule has 0 radical (unpaired) electrons. The van der Waals surface area contributed by atoms with E-state index in [0.29, 0.717) is 11.1 Å². The zero-order chi connectivity index (χ0) is 15.5. The molecular weight excluding hydrogens is 287 g/mol. The molecule has 0 saturated carbocycles. The summed E-state index contributed by atoms with van der Waals surface area (Å²) in [6.45, 7) is 0.199. The minimum atomic E-state index is -0.680. The van der Waals surface area contributed by atoms with Gasteiger partial charge in [0.25, 0.3) is 5.91 Å². The van der Waals surface area contributed by atoms with Crippen LogP contribution in [0.1, 0.15) is 16.2 Å². The van der Waals surface area contributed by atoms with E-state index in [-0.39, 0.29) is 17.7 Å². The van der Waals surface area contributed by atoms with E-state index in [9.17, 15) is 14.0 Å². The van der Waals surface area contributed by atoms with Crippen LogP contribution >= 0.6 is 0 Å². The molecule has 0 saturated heterocycles. The van der Waals surface area contributed by atoms with E-state index < -0.39 is 17.3 Å². The Morgan fingerprint density at radius 1 is 1.23 bits per heavy atom. The number of carbonyl (C=O) groups is 1. The van der Waals surface area contributed by atoms with Crippen molar-refractivity contribution in [2.45, 2.75) is 6.54 Å². The highest BCUT2D eigenvalue weighted by Crippen LogP contribution is 2.14. The van der Waals surface area contributed by atoms with Gasteiger partial charge in [0.15, 0.2) is 5.76 Å². The van der Waals surface area contributed by atoms with Crippen LogP contribution in [0, 0.1) is 5.82 Å². The minimum absolute atomic E-state index is 0.168. The largest absolute Gasteiger partial charge is 0.417 e. The van der Waals surface area contributed by atoms with Gasteiger partial charge in [-0.25, -0.2) is 9.18 Å². The first kappa shape index (κ1) is 13.9. The Kier molecular flexibility index (Phi) is 3.65. The summed E-state index contributed by atoms with van der Waals surface area (Å²) in [5, 5.41) is 3.14. The molecule has 0 aliphatic carbocycles. The van der Waals surface area contributed by atoms with E-state index in [4.69, 9.17) is 4.42 Å². The van der Waals surface area contributed by atoms with Crippen molar-refractivity contribution in [2.24, 2.45) is 0 Å². The number of fused-ring (bicyclic) bond motifs is 1. The Bertz CT molecular complexity index is 891. The van der Waals surface area contributed by atoms with Gasteiger partial charge >= 0.3 is 5.63 Å². The number of benzene rings is 1. The molecule has 22 heavy (non-hydrogen) atoms. The second kappa shape index (κ2) is 5.77. The summed E-state index contributed by atoms with van der Waals surface area (Å²) in [6.07, 6.45) is 1.61. The van der Waals surface area contributed by atoms with Crippen molar-refractivity contribution >= 4 is 16.7 Å². The Labute approximate surface area is 124 Å². The number of halogens is 1. The third kappa shape index (κ3) is 2.85. The van der Waals surface area contributed by atoms with Crippen molar-refractivity contribution in [1.82, 2.24) is 10.3 Å².